The topological polar surface area (TPSA) is 86.3 Å². The van der Waals surface area contributed by atoms with Crippen molar-refractivity contribution in [3.05, 3.63) is 27.3 Å². The molecule has 0 bridgehead atoms. The molecule has 0 unspecified atom stereocenters. The molecule has 1 amide bonds. The van der Waals surface area contributed by atoms with Crippen molar-refractivity contribution in [3.63, 3.8) is 0 Å². The van der Waals surface area contributed by atoms with Gasteiger partial charge >= 0.3 is 0 Å². The van der Waals surface area contributed by atoms with E-state index < -0.39 is 15.9 Å². The van der Waals surface area contributed by atoms with E-state index in [2.05, 4.69) is 0 Å². The second kappa shape index (κ2) is 4.35. The normalized spacial score (nSPS) is 11.1. The lowest BCUT2D eigenvalue weighted by atomic mass is 10.2. The van der Waals surface area contributed by atoms with E-state index >= 15 is 0 Å². The molecule has 0 radical (unpaired) electrons. The number of halogens is 1. The predicted octanol–water partition coefficient (Wildman–Crippen LogP) is 0.0542. The number of amides is 1. The number of sulfonamides is 1. The standard InChI is InChI=1S/C8H8INO4S/c1-15(13,14)10-8(12)5-2-3-6(9)7(11)4-5/h2-4,11H,1H3,(H,10,12)/p-1. The van der Waals surface area contributed by atoms with E-state index in [1.807, 2.05) is 22.6 Å². The highest BCUT2D eigenvalue weighted by Gasteiger charge is 2.10. The molecule has 1 aromatic carbocycles. The van der Waals surface area contributed by atoms with Crippen LogP contribution < -0.4 is 9.83 Å². The van der Waals surface area contributed by atoms with Gasteiger partial charge in [-0.1, -0.05) is 11.8 Å². The fourth-order valence-corrected chi connectivity index (χ4v) is 1.66. The number of carbonyl (C=O) groups is 1. The molecule has 1 rings (SSSR count). The minimum absolute atomic E-state index is 0.0332. The van der Waals surface area contributed by atoms with Gasteiger partial charge in [0.1, 0.15) is 0 Å². The molecular weight excluding hydrogens is 333 g/mol. The van der Waals surface area contributed by atoms with Crippen LogP contribution in [0.25, 0.3) is 0 Å². The van der Waals surface area contributed by atoms with Crippen molar-refractivity contribution >= 4 is 38.5 Å². The Morgan fingerprint density at radius 2 is 2.07 bits per heavy atom. The Balaban J connectivity index is 2.98. The predicted molar refractivity (Wildman–Crippen MR) is 60.9 cm³/mol. The summed E-state index contributed by atoms with van der Waals surface area (Å²) >= 11 is 1.83. The van der Waals surface area contributed by atoms with Gasteiger partial charge in [-0.05, 0) is 34.7 Å². The Bertz CT molecular complexity index is 497. The Morgan fingerprint density at radius 1 is 1.47 bits per heavy atom. The maximum absolute atomic E-state index is 11.3. The smallest absolute Gasteiger partial charge is 0.264 e. The lowest BCUT2D eigenvalue weighted by molar-refractivity contribution is -0.269. The Labute approximate surface area is 101 Å². The van der Waals surface area contributed by atoms with Gasteiger partial charge < -0.3 is 5.11 Å². The van der Waals surface area contributed by atoms with Gasteiger partial charge in [0.05, 0.1) is 6.26 Å². The van der Waals surface area contributed by atoms with Gasteiger partial charge in [0.15, 0.2) is 0 Å². The first kappa shape index (κ1) is 12.2. The molecule has 0 aromatic heterocycles. The first-order valence-electron chi connectivity index (χ1n) is 3.78. The van der Waals surface area contributed by atoms with Crippen LogP contribution >= 0.6 is 22.6 Å². The highest BCUT2D eigenvalue weighted by molar-refractivity contribution is 14.1. The van der Waals surface area contributed by atoms with Crippen molar-refractivity contribution in [1.82, 2.24) is 4.72 Å². The van der Waals surface area contributed by atoms with Crippen LogP contribution in [0, 0.1) is 3.57 Å². The Kier molecular flexibility index (Phi) is 3.55. The third kappa shape index (κ3) is 3.67. The number of carbonyl (C=O) groups excluding carboxylic acids is 1. The third-order valence-electron chi connectivity index (χ3n) is 1.47. The molecule has 0 aliphatic heterocycles. The lowest BCUT2D eigenvalue weighted by Crippen LogP contribution is -2.29. The van der Waals surface area contributed by atoms with Crippen molar-refractivity contribution in [3.8, 4) is 5.75 Å². The van der Waals surface area contributed by atoms with Gasteiger partial charge in [-0.15, -0.1) is 0 Å². The van der Waals surface area contributed by atoms with Crippen LogP contribution in [0.1, 0.15) is 10.4 Å². The number of hydrogen-bond acceptors (Lipinski definition) is 4. The largest absolute Gasteiger partial charge is 0.872 e. The minimum atomic E-state index is -3.60. The maximum Gasteiger partial charge on any atom is 0.264 e. The molecule has 0 saturated heterocycles. The summed E-state index contributed by atoms with van der Waals surface area (Å²) in [7, 11) is -3.60. The minimum Gasteiger partial charge on any atom is -0.872 e. The summed E-state index contributed by atoms with van der Waals surface area (Å²) in [4.78, 5) is 11.3. The van der Waals surface area contributed by atoms with Gasteiger partial charge in [0.2, 0.25) is 10.0 Å². The van der Waals surface area contributed by atoms with Crippen molar-refractivity contribution in [2.24, 2.45) is 0 Å². The second-order valence-corrected chi connectivity index (χ2v) is 5.76. The molecule has 0 saturated carbocycles. The zero-order valence-corrected chi connectivity index (χ0v) is 10.6. The van der Waals surface area contributed by atoms with E-state index in [-0.39, 0.29) is 11.3 Å². The number of nitrogens with one attached hydrogen (secondary N) is 1. The van der Waals surface area contributed by atoms with Crippen LogP contribution in [0.15, 0.2) is 18.2 Å². The summed E-state index contributed by atoms with van der Waals surface area (Å²) in [6.07, 6.45) is 0.871. The van der Waals surface area contributed by atoms with E-state index in [0.29, 0.717) is 3.57 Å². The molecule has 0 aliphatic carbocycles. The van der Waals surface area contributed by atoms with Crippen LogP contribution in [0.2, 0.25) is 0 Å². The van der Waals surface area contributed by atoms with Crippen LogP contribution in [0.4, 0.5) is 0 Å². The highest BCUT2D eigenvalue weighted by Crippen LogP contribution is 2.17. The zero-order chi connectivity index (χ0) is 11.6. The van der Waals surface area contributed by atoms with Crippen LogP contribution in [0.5, 0.6) is 5.75 Å². The average molecular weight is 340 g/mol. The van der Waals surface area contributed by atoms with E-state index in [1.54, 1.807) is 4.72 Å². The summed E-state index contributed by atoms with van der Waals surface area (Å²) in [6, 6.07) is 3.95. The van der Waals surface area contributed by atoms with E-state index in [4.69, 9.17) is 0 Å². The van der Waals surface area contributed by atoms with Crippen molar-refractivity contribution < 1.29 is 18.3 Å². The molecule has 0 fully saturated rings. The van der Waals surface area contributed by atoms with Crippen LogP contribution in [0.3, 0.4) is 0 Å². The highest BCUT2D eigenvalue weighted by atomic mass is 127. The molecule has 1 N–H and O–H groups in total. The molecule has 82 valence electrons. The fourth-order valence-electron chi connectivity index (χ4n) is 0.872. The Morgan fingerprint density at radius 3 is 2.53 bits per heavy atom. The van der Waals surface area contributed by atoms with Crippen molar-refractivity contribution in [2.75, 3.05) is 6.26 Å². The first-order valence-corrected chi connectivity index (χ1v) is 6.75. The molecule has 5 nitrogen and oxygen atoms in total. The first-order chi connectivity index (χ1) is 6.79. The molecule has 1 aromatic rings. The third-order valence-corrected chi connectivity index (χ3v) is 2.92. The average Bonchev–Trinajstić information content (AvgIpc) is 2.06. The Hall–Kier alpha value is -0.830. The van der Waals surface area contributed by atoms with Gasteiger partial charge in [0, 0.05) is 9.13 Å². The van der Waals surface area contributed by atoms with Crippen LogP contribution in [-0.2, 0) is 10.0 Å². The molecule has 0 spiro atoms. The number of hydrogen-bond donors (Lipinski definition) is 1. The molecule has 15 heavy (non-hydrogen) atoms. The van der Waals surface area contributed by atoms with Gasteiger partial charge in [-0.3, -0.25) is 4.79 Å². The van der Waals surface area contributed by atoms with Gasteiger partial charge in [-0.2, -0.15) is 0 Å². The second-order valence-electron chi connectivity index (χ2n) is 2.85. The molecular formula is C8H7INO4S-. The van der Waals surface area contributed by atoms with Crippen LogP contribution in [-0.4, -0.2) is 20.6 Å². The van der Waals surface area contributed by atoms with Crippen molar-refractivity contribution in [1.29, 1.82) is 0 Å². The zero-order valence-electron chi connectivity index (χ0n) is 7.65. The summed E-state index contributed by atoms with van der Waals surface area (Å²) in [5.41, 5.74) is 0.0332. The molecule has 0 heterocycles. The summed E-state index contributed by atoms with van der Waals surface area (Å²) < 4.78 is 23.8. The van der Waals surface area contributed by atoms with E-state index in [1.165, 1.54) is 12.1 Å². The summed E-state index contributed by atoms with van der Waals surface area (Å²) in [5, 5.41) is 11.2. The van der Waals surface area contributed by atoms with E-state index in [9.17, 15) is 18.3 Å². The molecule has 7 heteroatoms. The van der Waals surface area contributed by atoms with Gasteiger partial charge in [-0.25, -0.2) is 13.1 Å². The van der Waals surface area contributed by atoms with Crippen molar-refractivity contribution in [2.45, 2.75) is 0 Å². The summed E-state index contributed by atoms with van der Waals surface area (Å²) in [5.74, 6) is -1.11. The number of rotatable bonds is 2. The van der Waals surface area contributed by atoms with E-state index in [0.717, 1.165) is 12.3 Å². The number of benzene rings is 1. The lowest BCUT2D eigenvalue weighted by Gasteiger charge is -2.10. The monoisotopic (exact) mass is 340 g/mol. The summed E-state index contributed by atoms with van der Waals surface area (Å²) in [6.45, 7) is 0. The maximum atomic E-state index is 11.3. The quantitative estimate of drug-likeness (QED) is 0.771. The SMILES string of the molecule is CS(=O)(=O)NC(=O)c1ccc(I)c([O-])c1. The molecule has 0 atom stereocenters. The molecule has 0 aliphatic rings. The van der Waals surface area contributed by atoms with Gasteiger partial charge in [0.25, 0.3) is 5.91 Å². The fraction of sp³-hybridized carbons (Fsp3) is 0.125.